The Morgan fingerprint density at radius 3 is 2.59 bits per heavy atom. The number of benzene rings is 1. The number of hydrogen-bond acceptors (Lipinski definition) is 1. The largest absolute Gasteiger partial charge is 0.264 e. The number of fused-ring (bicyclic) bond motifs is 2. The molecule has 3 rings (SSSR count). The van der Waals surface area contributed by atoms with Crippen molar-refractivity contribution in [1.82, 2.24) is 4.98 Å². The summed E-state index contributed by atoms with van der Waals surface area (Å²) >= 11 is 0. The minimum atomic E-state index is 1.05. The van der Waals surface area contributed by atoms with E-state index in [0.717, 1.165) is 11.1 Å². The Hall–Kier alpha value is -2.15. The van der Waals surface area contributed by atoms with Crippen molar-refractivity contribution in [3.05, 3.63) is 71.6 Å². The van der Waals surface area contributed by atoms with Crippen LogP contribution in [0.1, 0.15) is 29.2 Å². The Bertz CT molecular complexity index is 635. The SMILES string of the molecule is C=C1c2cnccc2C=C(C)c2ccccc21. The number of rotatable bonds is 0. The lowest BCUT2D eigenvalue weighted by Gasteiger charge is -2.09. The second-order valence-corrected chi connectivity index (χ2v) is 4.31. The van der Waals surface area contributed by atoms with Crippen LogP contribution in [0, 0.1) is 0 Å². The van der Waals surface area contributed by atoms with E-state index in [1.54, 1.807) is 0 Å². The molecule has 1 aliphatic rings. The van der Waals surface area contributed by atoms with Crippen LogP contribution in [0.5, 0.6) is 0 Å². The topological polar surface area (TPSA) is 12.9 Å². The summed E-state index contributed by atoms with van der Waals surface area (Å²) in [6.07, 6.45) is 5.92. The zero-order valence-corrected chi connectivity index (χ0v) is 9.77. The van der Waals surface area contributed by atoms with Gasteiger partial charge in [-0.2, -0.15) is 0 Å². The molecule has 1 aliphatic carbocycles. The highest BCUT2D eigenvalue weighted by Crippen LogP contribution is 2.35. The molecule has 0 spiro atoms. The van der Waals surface area contributed by atoms with Gasteiger partial charge in [0.05, 0.1) is 0 Å². The van der Waals surface area contributed by atoms with Gasteiger partial charge >= 0.3 is 0 Å². The molecule has 1 nitrogen and oxygen atoms in total. The van der Waals surface area contributed by atoms with E-state index in [4.69, 9.17) is 0 Å². The van der Waals surface area contributed by atoms with E-state index in [9.17, 15) is 0 Å². The van der Waals surface area contributed by atoms with Gasteiger partial charge in [0.25, 0.3) is 0 Å². The molecule has 0 unspecified atom stereocenters. The van der Waals surface area contributed by atoms with E-state index in [1.807, 2.05) is 18.5 Å². The second kappa shape index (κ2) is 3.70. The Morgan fingerprint density at radius 1 is 1.00 bits per heavy atom. The third-order valence-corrected chi connectivity index (χ3v) is 3.23. The van der Waals surface area contributed by atoms with Gasteiger partial charge in [-0.3, -0.25) is 4.98 Å². The molecule has 17 heavy (non-hydrogen) atoms. The van der Waals surface area contributed by atoms with Gasteiger partial charge in [-0.15, -0.1) is 0 Å². The highest BCUT2D eigenvalue weighted by atomic mass is 14.6. The molecule has 1 heteroatoms. The predicted octanol–water partition coefficient (Wildman–Crippen LogP) is 4.02. The van der Waals surface area contributed by atoms with Crippen molar-refractivity contribution >= 4 is 17.2 Å². The van der Waals surface area contributed by atoms with Crippen LogP contribution in [-0.4, -0.2) is 4.98 Å². The molecule has 0 saturated carbocycles. The van der Waals surface area contributed by atoms with Crippen LogP contribution in [0.15, 0.2) is 49.3 Å². The minimum absolute atomic E-state index is 1.05. The Morgan fingerprint density at radius 2 is 1.76 bits per heavy atom. The highest BCUT2D eigenvalue weighted by Gasteiger charge is 2.15. The standard InChI is InChI=1S/C16H13N/c1-11-9-13-7-8-17-10-16(13)12(2)15-6-4-3-5-14(11)15/h3-10H,2H2,1H3. The average Bonchev–Trinajstić information content (AvgIpc) is 2.48. The van der Waals surface area contributed by atoms with Gasteiger partial charge in [0.2, 0.25) is 0 Å². The fourth-order valence-electron chi connectivity index (χ4n) is 2.33. The van der Waals surface area contributed by atoms with Gasteiger partial charge in [-0.25, -0.2) is 0 Å². The first-order chi connectivity index (χ1) is 8.27. The van der Waals surface area contributed by atoms with Crippen molar-refractivity contribution in [3.8, 4) is 0 Å². The zero-order valence-electron chi connectivity index (χ0n) is 9.77. The molecule has 1 aromatic carbocycles. The Kier molecular flexibility index (Phi) is 2.19. The summed E-state index contributed by atoms with van der Waals surface area (Å²) < 4.78 is 0. The Balaban J connectivity index is 2.36. The number of pyridine rings is 1. The monoisotopic (exact) mass is 219 g/mol. The van der Waals surface area contributed by atoms with E-state index in [1.165, 1.54) is 22.3 Å². The molecule has 0 bridgehead atoms. The van der Waals surface area contributed by atoms with E-state index < -0.39 is 0 Å². The molecule has 82 valence electrons. The molecule has 1 heterocycles. The van der Waals surface area contributed by atoms with E-state index in [0.29, 0.717) is 0 Å². The van der Waals surface area contributed by atoms with Crippen molar-refractivity contribution < 1.29 is 0 Å². The number of aromatic nitrogens is 1. The van der Waals surface area contributed by atoms with Gasteiger partial charge in [0.1, 0.15) is 0 Å². The minimum Gasteiger partial charge on any atom is -0.264 e. The van der Waals surface area contributed by atoms with E-state index in [2.05, 4.69) is 48.8 Å². The van der Waals surface area contributed by atoms with Crippen LogP contribution in [-0.2, 0) is 0 Å². The molecule has 0 saturated heterocycles. The van der Waals surface area contributed by atoms with Gasteiger partial charge in [0, 0.05) is 18.0 Å². The van der Waals surface area contributed by atoms with Crippen LogP contribution in [0.3, 0.4) is 0 Å². The number of nitrogens with zero attached hydrogens (tertiary/aromatic N) is 1. The lowest BCUT2D eigenvalue weighted by Crippen LogP contribution is -1.91. The predicted molar refractivity (Wildman–Crippen MR) is 72.4 cm³/mol. The van der Waals surface area contributed by atoms with Gasteiger partial charge < -0.3 is 0 Å². The van der Waals surface area contributed by atoms with Crippen LogP contribution in [0.4, 0.5) is 0 Å². The second-order valence-electron chi connectivity index (χ2n) is 4.31. The smallest absolute Gasteiger partial charge is 0.0352 e. The molecule has 0 radical (unpaired) electrons. The number of allylic oxidation sites excluding steroid dienone is 1. The maximum Gasteiger partial charge on any atom is 0.0352 e. The van der Waals surface area contributed by atoms with Crippen LogP contribution in [0.2, 0.25) is 0 Å². The zero-order chi connectivity index (χ0) is 11.8. The molecule has 0 N–H and O–H groups in total. The lowest BCUT2D eigenvalue weighted by atomic mass is 9.95. The average molecular weight is 219 g/mol. The molecule has 2 aromatic rings. The summed E-state index contributed by atoms with van der Waals surface area (Å²) in [6, 6.07) is 10.4. The van der Waals surface area contributed by atoms with Crippen molar-refractivity contribution in [1.29, 1.82) is 0 Å². The summed E-state index contributed by atoms with van der Waals surface area (Å²) in [6.45, 7) is 6.36. The molecule has 0 aliphatic heterocycles. The summed E-state index contributed by atoms with van der Waals surface area (Å²) in [4.78, 5) is 4.20. The van der Waals surface area contributed by atoms with Crippen LogP contribution >= 0.6 is 0 Å². The van der Waals surface area contributed by atoms with Crippen molar-refractivity contribution in [2.24, 2.45) is 0 Å². The molecular weight excluding hydrogens is 206 g/mol. The van der Waals surface area contributed by atoms with Crippen molar-refractivity contribution in [2.75, 3.05) is 0 Å². The van der Waals surface area contributed by atoms with E-state index in [-0.39, 0.29) is 0 Å². The third-order valence-electron chi connectivity index (χ3n) is 3.23. The van der Waals surface area contributed by atoms with Crippen molar-refractivity contribution in [2.45, 2.75) is 6.92 Å². The lowest BCUT2D eigenvalue weighted by molar-refractivity contribution is 1.30. The molecule has 0 fully saturated rings. The molecule has 1 aromatic heterocycles. The molecular formula is C16H13N. The molecule has 0 amide bonds. The molecule has 0 atom stereocenters. The van der Waals surface area contributed by atoms with Crippen molar-refractivity contribution in [3.63, 3.8) is 0 Å². The first kappa shape index (κ1) is 10.0. The fraction of sp³-hybridized carbons (Fsp3) is 0.0625. The third kappa shape index (κ3) is 1.51. The first-order valence-corrected chi connectivity index (χ1v) is 5.69. The summed E-state index contributed by atoms with van der Waals surface area (Å²) in [5.41, 5.74) is 7.10. The quantitative estimate of drug-likeness (QED) is 0.652. The maximum atomic E-state index is 4.22. The van der Waals surface area contributed by atoms with Gasteiger partial charge in [-0.05, 0) is 40.8 Å². The summed E-state index contributed by atoms with van der Waals surface area (Å²) in [5.74, 6) is 0. The Labute approximate surface area is 101 Å². The first-order valence-electron chi connectivity index (χ1n) is 5.69. The highest BCUT2D eigenvalue weighted by molar-refractivity contribution is 5.96. The maximum absolute atomic E-state index is 4.22. The number of hydrogen-bond donors (Lipinski definition) is 0. The van der Waals surface area contributed by atoms with E-state index >= 15 is 0 Å². The summed E-state index contributed by atoms with van der Waals surface area (Å²) in [5, 5.41) is 0. The normalized spacial score (nSPS) is 13.5. The summed E-state index contributed by atoms with van der Waals surface area (Å²) in [7, 11) is 0. The fourth-order valence-corrected chi connectivity index (χ4v) is 2.33. The van der Waals surface area contributed by atoms with Gasteiger partial charge in [-0.1, -0.05) is 36.9 Å². The van der Waals surface area contributed by atoms with Gasteiger partial charge in [0.15, 0.2) is 0 Å². The van der Waals surface area contributed by atoms with Crippen LogP contribution in [0.25, 0.3) is 17.2 Å². The van der Waals surface area contributed by atoms with Crippen LogP contribution < -0.4 is 0 Å².